The van der Waals surface area contributed by atoms with Gasteiger partial charge in [-0.1, -0.05) is 103 Å². The molecule has 6 heteroatoms. The first kappa shape index (κ1) is 26.6. The fourth-order valence-electron chi connectivity index (χ4n) is 5.30. The summed E-state index contributed by atoms with van der Waals surface area (Å²) in [6.45, 7) is 0.730. The molecule has 2 atom stereocenters. The highest BCUT2D eigenvalue weighted by Crippen LogP contribution is 2.33. The van der Waals surface area contributed by atoms with Gasteiger partial charge in [0.25, 0.3) is 0 Å². The van der Waals surface area contributed by atoms with Crippen LogP contribution in [0.3, 0.4) is 0 Å². The molecule has 3 N–H and O–H groups in total. The third-order valence-corrected chi connectivity index (χ3v) is 7.23. The summed E-state index contributed by atoms with van der Waals surface area (Å²) in [4.78, 5) is 12.2. The zero-order valence-corrected chi connectivity index (χ0v) is 23.3. The number of para-hydroxylation sites is 2. The third kappa shape index (κ3) is 5.32. The zero-order valence-electron chi connectivity index (χ0n) is 21.8. The number of hydrogen-bond donors (Lipinski definition) is 3. The largest absolute Gasteiger partial charge is 1.00 e. The van der Waals surface area contributed by atoms with Crippen molar-refractivity contribution in [1.82, 2.24) is 9.97 Å². The average Bonchev–Trinajstić information content (AvgIpc) is 3.54. The van der Waals surface area contributed by atoms with Crippen molar-refractivity contribution in [3.05, 3.63) is 121 Å². The van der Waals surface area contributed by atoms with Gasteiger partial charge in [0.15, 0.2) is 11.9 Å². The van der Waals surface area contributed by atoms with Gasteiger partial charge in [0, 0.05) is 29.3 Å². The first-order valence-corrected chi connectivity index (χ1v) is 13.0. The van der Waals surface area contributed by atoms with Crippen molar-refractivity contribution in [3.8, 4) is 33.9 Å². The van der Waals surface area contributed by atoms with Crippen molar-refractivity contribution in [3.63, 3.8) is 0 Å². The van der Waals surface area contributed by atoms with Crippen molar-refractivity contribution >= 4 is 17.5 Å². The van der Waals surface area contributed by atoms with Gasteiger partial charge in [-0.3, -0.25) is 4.90 Å². The number of aliphatic hydroxyl groups excluding tert-OH is 1. The van der Waals surface area contributed by atoms with Gasteiger partial charge in [0.05, 0.1) is 25.0 Å². The second-order valence-corrected chi connectivity index (χ2v) is 9.58. The Kier molecular flexibility index (Phi) is 8.07. The monoisotopic (exact) mass is 578 g/mol. The summed E-state index contributed by atoms with van der Waals surface area (Å²) in [6, 6.07) is 37.6. The predicted octanol–water partition coefficient (Wildman–Crippen LogP) is 2.41. The summed E-state index contributed by atoms with van der Waals surface area (Å²) < 4.78 is 0. The van der Waals surface area contributed by atoms with Gasteiger partial charge in [-0.05, 0) is 17.7 Å². The minimum Gasteiger partial charge on any atom is -1.00 e. The average molecular weight is 580 g/mol. The maximum atomic E-state index is 9.66. The molecule has 0 fully saturated rings. The molecule has 0 aliphatic carbocycles. The number of hydrogen-bond acceptors (Lipinski definition) is 3. The Balaban J connectivity index is 0.00000308. The van der Waals surface area contributed by atoms with Crippen LogP contribution in [0.15, 0.2) is 115 Å². The fraction of sp³-hybridized carbons (Fsp3) is 0.121. The molecule has 5 nitrogen and oxygen atoms in total. The van der Waals surface area contributed by atoms with Crippen molar-refractivity contribution in [2.45, 2.75) is 6.17 Å². The number of fused-ring (bicyclic) bond motifs is 1. The smallest absolute Gasteiger partial charge is 0.187 e. The van der Waals surface area contributed by atoms with Crippen LogP contribution in [-0.2, 0) is 0 Å². The molecule has 6 rings (SSSR count). The Morgan fingerprint density at radius 2 is 1.46 bits per heavy atom. The lowest BCUT2D eigenvalue weighted by molar-refractivity contribution is -0.823. The van der Waals surface area contributed by atoms with Gasteiger partial charge in [0.2, 0.25) is 0 Å². The van der Waals surface area contributed by atoms with Crippen molar-refractivity contribution < 1.29 is 27.0 Å². The number of aromatic nitrogens is 2. The number of benzene rings is 4. The lowest BCUT2D eigenvalue weighted by Crippen LogP contribution is -3.08. The van der Waals surface area contributed by atoms with Gasteiger partial charge in [0.1, 0.15) is 11.5 Å². The standard InChI is InChI=1S/C33H30N4O.BrH/c1-36-28-14-8-9-15-29(28)37(22-23-38)30(36)21-18-24-16-19-27(20-17-24)33-34-31(25-10-4-2-5-11-25)32(35-33)26-12-6-3-7-13-26;/h2-21,30,38H,22-23H2,1H3,(H,34,35);1H/b21-18+;. The molecule has 0 saturated carbocycles. The van der Waals surface area contributed by atoms with Gasteiger partial charge in [-0.15, -0.1) is 0 Å². The number of rotatable bonds is 7. The summed E-state index contributed by atoms with van der Waals surface area (Å²) in [5, 5.41) is 9.66. The Morgan fingerprint density at radius 3 is 2.15 bits per heavy atom. The minimum absolute atomic E-state index is 0. The van der Waals surface area contributed by atoms with E-state index in [0.29, 0.717) is 6.54 Å². The van der Waals surface area contributed by atoms with Crippen molar-refractivity contribution in [1.29, 1.82) is 0 Å². The second kappa shape index (κ2) is 11.8. The van der Waals surface area contributed by atoms with Crippen LogP contribution in [0.2, 0.25) is 0 Å². The molecular formula is C33H31BrN4O. The molecule has 0 bridgehead atoms. The number of imidazole rings is 1. The van der Waals surface area contributed by atoms with Crippen LogP contribution in [0.1, 0.15) is 5.56 Å². The zero-order chi connectivity index (χ0) is 25.9. The molecule has 2 unspecified atom stereocenters. The van der Waals surface area contributed by atoms with Crippen LogP contribution in [0, 0.1) is 0 Å². The first-order valence-electron chi connectivity index (χ1n) is 13.0. The van der Waals surface area contributed by atoms with Crippen LogP contribution in [-0.4, -0.2) is 41.4 Å². The normalized spacial score (nSPS) is 16.3. The molecule has 0 spiro atoms. The molecule has 0 radical (unpaired) electrons. The van der Waals surface area contributed by atoms with Crippen molar-refractivity contribution in [2.75, 3.05) is 25.1 Å². The van der Waals surface area contributed by atoms with Gasteiger partial charge in [-0.25, -0.2) is 4.98 Å². The number of halogens is 1. The summed E-state index contributed by atoms with van der Waals surface area (Å²) in [5.74, 6) is 0.850. The number of likely N-dealkylation sites (N-methyl/N-ethyl adjacent to an activating group) is 1. The number of nitrogens with one attached hydrogen (secondary N) is 2. The van der Waals surface area contributed by atoms with E-state index in [0.717, 1.165) is 39.5 Å². The molecule has 1 aliphatic heterocycles. The van der Waals surface area contributed by atoms with E-state index >= 15 is 0 Å². The highest BCUT2D eigenvalue weighted by atomic mass is 79.9. The molecule has 0 saturated heterocycles. The maximum Gasteiger partial charge on any atom is 0.187 e. The van der Waals surface area contributed by atoms with E-state index in [9.17, 15) is 5.11 Å². The predicted molar refractivity (Wildman–Crippen MR) is 155 cm³/mol. The van der Waals surface area contributed by atoms with Crippen LogP contribution in [0.5, 0.6) is 0 Å². The molecule has 1 aromatic heterocycles. The number of β-amino-alcohol motifs (C(OH)–C–C–N with tert-alkyl or cyclic N) is 1. The molecule has 2 heterocycles. The molecule has 1 aliphatic rings. The molecule has 196 valence electrons. The topological polar surface area (TPSA) is 56.6 Å². The van der Waals surface area contributed by atoms with Crippen LogP contribution in [0.4, 0.5) is 11.4 Å². The Labute approximate surface area is 239 Å². The Hall–Kier alpha value is -3.97. The summed E-state index contributed by atoms with van der Waals surface area (Å²) in [7, 11) is 2.18. The number of quaternary nitrogens is 1. The van der Waals surface area contributed by atoms with E-state index in [2.05, 4.69) is 114 Å². The van der Waals surface area contributed by atoms with E-state index in [-0.39, 0.29) is 29.8 Å². The summed E-state index contributed by atoms with van der Waals surface area (Å²) in [5.41, 5.74) is 8.78. The minimum atomic E-state index is 0. The number of H-pyrrole nitrogens is 1. The van der Waals surface area contributed by atoms with Gasteiger partial charge < -0.3 is 32.0 Å². The van der Waals surface area contributed by atoms with E-state index in [1.807, 2.05) is 24.3 Å². The molecule has 5 aromatic rings. The lowest BCUT2D eigenvalue weighted by atomic mass is 10.1. The molecular weight excluding hydrogens is 548 g/mol. The van der Waals surface area contributed by atoms with Gasteiger partial charge in [-0.2, -0.15) is 0 Å². The quantitative estimate of drug-likeness (QED) is 0.278. The van der Waals surface area contributed by atoms with Crippen LogP contribution in [0.25, 0.3) is 40.0 Å². The van der Waals surface area contributed by atoms with Gasteiger partial charge >= 0.3 is 0 Å². The molecule has 4 aromatic carbocycles. The lowest BCUT2D eigenvalue weighted by Gasteiger charge is -2.23. The number of aliphatic hydroxyl groups is 1. The highest BCUT2D eigenvalue weighted by Gasteiger charge is 2.36. The number of nitrogens with zero attached hydrogens (tertiary/aromatic N) is 2. The maximum absolute atomic E-state index is 9.66. The highest BCUT2D eigenvalue weighted by molar-refractivity contribution is 5.81. The second-order valence-electron chi connectivity index (χ2n) is 9.58. The number of aromatic amines is 1. The Bertz CT molecular complexity index is 1490. The van der Waals surface area contributed by atoms with E-state index in [4.69, 9.17) is 4.98 Å². The van der Waals surface area contributed by atoms with Crippen LogP contribution >= 0.6 is 0 Å². The number of anilines is 1. The molecule has 0 amide bonds. The Morgan fingerprint density at radius 1 is 0.821 bits per heavy atom. The third-order valence-electron chi connectivity index (χ3n) is 7.23. The SMILES string of the molecule is C[NH+]1c2ccccc2N(CCO)C1/C=C/c1ccc(-c2nc(-c3ccccc3)c(-c3ccccc3)[nH]2)cc1.[Br-]. The summed E-state index contributed by atoms with van der Waals surface area (Å²) in [6.07, 6.45) is 4.53. The first-order chi connectivity index (χ1) is 18.7. The summed E-state index contributed by atoms with van der Waals surface area (Å²) >= 11 is 0. The molecule has 39 heavy (non-hydrogen) atoms. The fourth-order valence-corrected chi connectivity index (χ4v) is 5.30. The van der Waals surface area contributed by atoms with E-state index in [1.54, 1.807) is 0 Å². The van der Waals surface area contributed by atoms with E-state index < -0.39 is 0 Å². The van der Waals surface area contributed by atoms with Crippen LogP contribution < -0.4 is 26.8 Å². The van der Waals surface area contributed by atoms with E-state index in [1.165, 1.54) is 16.3 Å². The van der Waals surface area contributed by atoms with Crippen molar-refractivity contribution in [2.24, 2.45) is 0 Å².